The van der Waals surface area contributed by atoms with Crippen LogP contribution in [0, 0.1) is 0 Å². The summed E-state index contributed by atoms with van der Waals surface area (Å²) in [6.07, 6.45) is -0.341. The molecule has 0 spiro atoms. The van der Waals surface area contributed by atoms with Gasteiger partial charge in [0.2, 0.25) is 5.91 Å². The monoisotopic (exact) mass is 294 g/mol. The maximum absolute atomic E-state index is 11.8. The summed E-state index contributed by atoms with van der Waals surface area (Å²) in [4.78, 5) is 35.5. The van der Waals surface area contributed by atoms with E-state index in [1.54, 1.807) is 4.90 Å². The van der Waals surface area contributed by atoms with Gasteiger partial charge in [-0.1, -0.05) is 0 Å². The second kappa shape index (κ2) is 6.16. The van der Waals surface area contributed by atoms with Gasteiger partial charge in [0.15, 0.2) is 11.5 Å². The Morgan fingerprint density at radius 1 is 1.48 bits per heavy atom. The van der Waals surface area contributed by atoms with Gasteiger partial charge in [-0.2, -0.15) is 0 Å². The molecule has 1 aromatic heterocycles. The summed E-state index contributed by atoms with van der Waals surface area (Å²) in [5, 5.41) is 19.1. The number of amides is 1. The molecule has 21 heavy (non-hydrogen) atoms. The first kappa shape index (κ1) is 14.7. The number of rotatable bonds is 4. The lowest BCUT2D eigenvalue weighted by atomic mass is 10.1. The normalized spacial score (nSPS) is 18.0. The van der Waals surface area contributed by atoms with Gasteiger partial charge in [-0.05, 0) is 12.1 Å². The summed E-state index contributed by atoms with van der Waals surface area (Å²) in [6, 6.07) is 2.07. The minimum absolute atomic E-state index is 0.0393. The van der Waals surface area contributed by atoms with Crippen LogP contribution < -0.4 is 10.2 Å². The molecule has 2 rings (SSSR count). The van der Waals surface area contributed by atoms with Crippen molar-refractivity contribution in [1.82, 2.24) is 15.5 Å². The number of esters is 1. The van der Waals surface area contributed by atoms with E-state index in [1.807, 2.05) is 0 Å². The molecule has 1 atom stereocenters. The van der Waals surface area contributed by atoms with Crippen LogP contribution in [0.3, 0.4) is 0 Å². The van der Waals surface area contributed by atoms with Crippen LogP contribution in [0.15, 0.2) is 12.1 Å². The Balaban J connectivity index is 2.23. The Morgan fingerprint density at radius 2 is 2.24 bits per heavy atom. The number of hydrogen-bond donors (Lipinski definition) is 2. The van der Waals surface area contributed by atoms with E-state index < -0.39 is 18.0 Å². The Kier molecular flexibility index (Phi) is 4.31. The number of ether oxygens (including phenoxy) is 1. The fourth-order valence-corrected chi connectivity index (χ4v) is 2.05. The second-order valence-corrected chi connectivity index (χ2v) is 4.37. The van der Waals surface area contributed by atoms with Gasteiger partial charge in [-0.25, -0.2) is 4.79 Å². The zero-order valence-corrected chi connectivity index (χ0v) is 11.3. The number of methoxy groups -OCH3 is 1. The summed E-state index contributed by atoms with van der Waals surface area (Å²) in [5.41, 5.74) is 0.0393. The lowest BCUT2D eigenvalue weighted by Gasteiger charge is -2.34. The van der Waals surface area contributed by atoms with Crippen LogP contribution in [-0.4, -0.2) is 59.4 Å². The number of carbonyl (C=O) groups excluding carboxylic acids is 2. The molecular weight excluding hydrogens is 280 g/mol. The van der Waals surface area contributed by atoms with E-state index >= 15 is 0 Å². The van der Waals surface area contributed by atoms with Gasteiger partial charge in [0.1, 0.15) is 6.04 Å². The van der Waals surface area contributed by atoms with Crippen LogP contribution in [0.4, 0.5) is 5.82 Å². The van der Waals surface area contributed by atoms with E-state index in [0.717, 1.165) is 0 Å². The summed E-state index contributed by atoms with van der Waals surface area (Å²) in [6.45, 7) is 0.797. The quantitative estimate of drug-likeness (QED) is 0.681. The highest BCUT2D eigenvalue weighted by molar-refractivity contribution is 5.90. The van der Waals surface area contributed by atoms with E-state index in [0.29, 0.717) is 18.9 Å². The summed E-state index contributed by atoms with van der Waals surface area (Å²) < 4.78 is 4.52. The zero-order chi connectivity index (χ0) is 15.4. The molecule has 1 unspecified atom stereocenters. The predicted octanol–water partition coefficient (Wildman–Crippen LogP) is -0.957. The molecule has 1 aromatic rings. The van der Waals surface area contributed by atoms with Gasteiger partial charge >= 0.3 is 11.9 Å². The van der Waals surface area contributed by atoms with Crippen molar-refractivity contribution in [2.45, 2.75) is 12.5 Å². The molecule has 2 heterocycles. The molecule has 9 heteroatoms. The van der Waals surface area contributed by atoms with Crippen LogP contribution in [-0.2, 0) is 14.3 Å². The molecule has 0 aromatic carbocycles. The molecular formula is C12H14N4O5. The minimum Gasteiger partial charge on any atom is -0.481 e. The third-order valence-electron chi connectivity index (χ3n) is 3.04. The summed E-state index contributed by atoms with van der Waals surface area (Å²) >= 11 is 0. The fourth-order valence-electron chi connectivity index (χ4n) is 2.05. The molecule has 9 nitrogen and oxygen atoms in total. The molecule has 1 aliphatic rings. The Labute approximate surface area is 119 Å². The molecule has 1 amide bonds. The number of aromatic nitrogens is 2. The number of nitrogens with zero attached hydrogens (tertiary/aromatic N) is 3. The minimum atomic E-state index is -1.08. The van der Waals surface area contributed by atoms with Crippen molar-refractivity contribution < 1.29 is 24.2 Å². The third-order valence-corrected chi connectivity index (χ3v) is 3.04. The van der Waals surface area contributed by atoms with E-state index in [-0.39, 0.29) is 18.0 Å². The number of nitrogens with one attached hydrogen (secondary N) is 1. The van der Waals surface area contributed by atoms with Gasteiger partial charge in [0, 0.05) is 13.1 Å². The van der Waals surface area contributed by atoms with E-state index in [1.165, 1.54) is 19.2 Å². The molecule has 2 N–H and O–H groups in total. The largest absolute Gasteiger partial charge is 0.481 e. The number of piperazine rings is 1. The van der Waals surface area contributed by atoms with Crippen molar-refractivity contribution in [1.29, 1.82) is 0 Å². The lowest BCUT2D eigenvalue weighted by molar-refractivity contribution is -0.139. The number of carboxylic acids is 1. The van der Waals surface area contributed by atoms with Crippen LogP contribution >= 0.6 is 0 Å². The van der Waals surface area contributed by atoms with Crippen molar-refractivity contribution in [2.75, 3.05) is 25.1 Å². The van der Waals surface area contributed by atoms with Gasteiger partial charge in [-0.15, -0.1) is 10.2 Å². The van der Waals surface area contributed by atoms with E-state index in [9.17, 15) is 14.4 Å². The maximum atomic E-state index is 11.8. The van der Waals surface area contributed by atoms with Gasteiger partial charge in [0.05, 0.1) is 13.5 Å². The first-order valence-corrected chi connectivity index (χ1v) is 6.21. The molecule has 112 valence electrons. The maximum Gasteiger partial charge on any atom is 0.358 e. The predicted molar refractivity (Wildman–Crippen MR) is 69.8 cm³/mol. The fraction of sp³-hybridized carbons (Fsp3) is 0.417. The van der Waals surface area contributed by atoms with Crippen LogP contribution in [0.1, 0.15) is 16.9 Å². The Hall–Kier alpha value is -2.71. The molecule has 0 radical (unpaired) electrons. The summed E-state index contributed by atoms with van der Waals surface area (Å²) in [7, 11) is 1.23. The number of carboxylic acid groups (broad SMARTS) is 1. The lowest BCUT2D eigenvalue weighted by Crippen LogP contribution is -2.56. The van der Waals surface area contributed by atoms with Crippen molar-refractivity contribution >= 4 is 23.7 Å². The van der Waals surface area contributed by atoms with Gasteiger partial charge in [0.25, 0.3) is 0 Å². The number of carbonyl (C=O) groups is 3. The van der Waals surface area contributed by atoms with Gasteiger partial charge < -0.3 is 20.1 Å². The molecule has 1 aliphatic heterocycles. The Morgan fingerprint density at radius 3 is 2.81 bits per heavy atom. The third kappa shape index (κ3) is 3.25. The van der Waals surface area contributed by atoms with Crippen LogP contribution in [0.2, 0.25) is 0 Å². The standard InChI is InChI=1S/C12H14N4O5/c1-21-12(20)7-2-3-9(15-14-7)16-5-4-13-11(19)8(16)6-10(17)18/h2-3,8H,4-6H2,1H3,(H,13,19)(H,17,18). The molecule has 0 bridgehead atoms. The highest BCUT2D eigenvalue weighted by Crippen LogP contribution is 2.18. The average Bonchev–Trinajstić information content (AvgIpc) is 2.48. The smallest absolute Gasteiger partial charge is 0.358 e. The SMILES string of the molecule is COC(=O)c1ccc(N2CCNC(=O)C2CC(=O)O)nn1. The number of aliphatic carboxylic acids is 1. The average molecular weight is 294 g/mol. The summed E-state index contributed by atoms with van der Waals surface area (Å²) in [5.74, 6) is -1.74. The number of anilines is 1. The molecule has 0 saturated carbocycles. The highest BCUT2D eigenvalue weighted by Gasteiger charge is 2.32. The second-order valence-electron chi connectivity index (χ2n) is 4.37. The van der Waals surface area contributed by atoms with Crippen LogP contribution in [0.25, 0.3) is 0 Å². The van der Waals surface area contributed by atoms with Crippen molar-refractivity contribution in [2.24, 2.45) is 0 Å². The first-order chi connectivity index (χ1) is 10.0. The first-order valence-electron chi connectivity index (χ1n) is 6.21. The molecule has 1 fully saturated rings. The van der Waals surface area contributed by atoms with E-state index in [4.69, 9.17) is 5.11 Å². The number of hydrogen-bond acceptors (Lipinski definition) is 7. The van der Waals surface area contributed by atoms with Crippen molar-refractivity contribution in [3.05, 3.63) is 17.8 Å². The van der Waals surface area contributed by atoms with E-state index in [2.05, 4.69) is 20.3 Å². The highest BCUT2D eigenvalue weighted by atomic mass is 16.5. The zero-order valence-electron chi connectivity index (χ0n) is 11.3. The molecule has 1 saturated heterocycles. The molecule has 0 aliphatic carbocycles. The van der Waals surface area contributed by atoms with Crippen LogP contribution in [0.5, 0.6) is 0 Å². The van der Waals surface area contributed by atoms with Crippen molar-refractivity contribution in [3.63, 3.8) is 0 Å². The van der Waals surface area contributed by atoms with Crippen molar-refractivity contribution in [3.8, 4) is 0 Å². The topological polar surface area (TPSA) is 122 Å². The Bertz CT molecular complexity index is 559. The van der Waals surface area contributed by atoms with Gasteiger partial charge in [-0.3, -0.25) is 9.59 Å².